The zero-order valence-electron chi connectivity index (χ0n) is 20.8. The number of nitrogens with two attached hydrogens (primary N) is 1. The number of carbonyl (C=O) groups excluding carboxylic acids is 3. The van der Waals surface area contributed by atoms with Gasteiger partial charge in [-0.2, -0.15) is 0 Å². The van der Waals surface area contributed by atoms with Gasteiger partial charge in [-0.3, -0.25) is 14.4 Å². The molecule has 0 aromatic heterocycles. The lowest BCUT2D eigenvalue weighted by molar-refractivity contribution is -0.118. The fourth-order valence-electron chi connectivity index (χ4n) is 4.88. The Bertz CT molecular complexity index is 1250. The molecule has 0 spiro atoms. The molecule has 3 amide bonds. The lowest BCUT2D eigenvalue weighted by Gasteiger charge is -2.43. The Morgan fingerprint density at radius 2 is 1.67 bits per heavy atom. The molecule has 1 aliphatic heterocycles. The van der Waals surface area contributed by atoms with Crippen molar-refractivity contribution in [3.8, 4) is 5.75 Å². The maximum Gasteiger partial charge on any atom is 0.258 e. The summed E-state index contributed by atoms with van der Waals surface area (Å²) in [6.45, 7) is 3.57. The third kappa shape index (κ3) is 5.10. The fourth-order valence-corrected chi connectivity index (χ4v) is 4.88. The van der Waals surface area contributed by atoms with Crippen molar-refractivity contribution < 1.29 is 19.1 Å². The van der Waals surface area contributed by atoms with E-state index in [2.05, 4.69) is 0 Å². The highest BCUT2D eigenvalue weighted by Crippen LogP contribution is 2.42. The Kier molecular flexibility index (Phi) is 7.38. The molecule has 0 unspecified atom stereocenters. The molecule has 2 N–H and O–H groups in total. The standard InChI is InChI=1S/C29H31N3O4/c1-19-18-27(32(20(2)33)23-13-8-21(9-14-23)10-17-28(30)34)25-6-4-5-7-26(25)31(19)29(35)22-11-15-24(36-3)16-12-22/h4-9,11-16,19,27H,10,17-18H2,1-3H3,(H2,30,34)/t19-,27+/m0/s1. The molecule has 0 saturated heterocycles. The molecule has 2 atom stereocenters. The first kappa shape index (κ1) is 25.0. The van der Waals surface area contributed by atoms with Gasteiger partial charge in [0.15, 0.2) is 0 Å². The van der Waals surface area contributed by atoms with E-state index in [9.17, 15) is 14.4 Å². The fraction of sp³-hybridized carbons (Fsp3) is 0.276. The third-order valence-electron chi connectivity index (χ3n) is 6.64. The quantitative estimate of drug-likeness (QED) is 0.527. The van der Waals surface area contributed by atoms with Crippen LogP contribution >= 0.6 is 0 Å². The van der Waals surface area contributed by atoms with Crippen LogP contribution in [0.2, 0.25) is 0 Å². The van der Waals surface area contributed by atoms with E-state index in [1.807, 2.05) is 60.4 Å². The van der Waals surface area contributed by atoms with Gasteiger partial charge in [-0.25, -0.2) is 0 Å². The van der Waals surface area contributed by atoms with Crippen molar-refractivity contribution in [1.82, 2.24) is 0 Å². The summed E-state index contributed by atoms with van der Waals surface area (Å²) in [5.41, 5.74) is 9.32. The normalized spacial score (nSPS) is 16.7. The third-order valence-corrected chi connectivity index (χ3v) is 6.64. The molecule has 0 aliphatic carbocycles. The highest BCUT2D eigenvalue weighted by Gasteiger charge is 2.38. The van der Waals surface area contributed by atoms with Gasteiger partial charge in [0.25, 0.3) is 5.91 Å². The predicted molar refractivity (Wildman–Crippen MR) is 140 cm³/mol. The van der Waals surface area contributed by atoms with Gasteiger partial charge in [-0.15, -0.1) is 0 Å². The maximum atomic E-state index is 13.6. The van der Waals surface area contributed by atoms with E-state index < -0.39 is 0 Å². The van der Waals surface area contributed by atoms with Crippen LogP contribution in [0.3, 0.4) is 0 Å². The van der Waals surface area contributed by atoms with Crippen molar-refractivity contribution >= 4 is 29.1 Å². The van der Waals surface area contributed by atoms with Crippen molar-refractivity contribution in [2.24, 2.45) is 5.73 Å². The molecule has 3 aromatic carbocycles. The number of para-hydroxylation sites is 1. The number of primary amides is 1. The number of aryl methyl sites for hydroxylation is 1. The molecule has 186 valence electrons. The van der Waals surface area contributed by atoms with Crippen LogP contribution in [-0.2, 0) is 16.0 Å². The Labute approximate surface area is 211 Å². The number of rotatable bonds is 7. The second-order valence-corrected chi connectivity index (χ2v) is 9.08. The summed E-state index contributed by atoms with van der Waals surface area (Å²) >= 11 is 0. The average Bonchev–Trinajstić information content (AvgIpc) is 2.88. The molecule has 7 heteroatoms. The van der Waals surface area contributed by atoms with Gasteiger partial charge < -0.3 is 20.3 Å². The zero-order chi connectivity index (χ0) is 25.8. The van der Waals surface area contributed by atoms with E-state index in [-0.39, 0.29) is 36.2 Å². The summed E-state index contributed by atoms with van der Waals surface area (Å²) in [6, 6.07) is 22.1. The van der Waals surface area contributed by atoms with Crippen LogP contribution in [0, 0.1) is 0 Å². The number of fused-ring (bicyclic) bond motifs is 1. The van der Waals surface area contributed by atoms with Crippen LogP contribution in [-0.4, -0.2) is 30.9 Å². The van der Waals surface area contributed by atoms with E-state index >= 15 is 0 Å². The van der Waals surface area contributed by atoms with E-state index in [1.165, 1.54) is 0 Å². The SMILES string of the molecule is COc1ccc(C(=O)N2c3ccccc3[C@H](N(C(C)=O)c3ccc(CCC(N)=O)cc3)C[C@@H]2C)cc1. The van der Waals surface area contributed by atoms with Crippen LogP contribution in [0.15, 0.2) is 72.8 Å². The number of hydrogen-bond donors (Lipinski definition) is 1. The summed E-state index contributed by atoms with van der Waals surface area (Å²) < 4.78 is 5.23. The first-order chi connectivity index (χ1) is 17.3. The molecular weight excluding hydrogens is 454 g/mol. The molecule has 4 rings (SSSR count). The van der Waals surface area contributed by atoms with Crippen molar-refractivity contribution in [2.75, 3.05) is 16.9 Å². The van der Waals surface area contributed by atoms with Gasteiger partial charge in [0.1, 0.15) is 5.75 Å². The Morgan fingerprint density at radius 1 is 1.00 bits per heavy atom. The minimum Gasteiger partial charge on any atom is -0.497 e. The van der Waals surface area contributed by atoms with Crippen LogP contribution in [0.25, 0.3) is 0 Å². The summed E-state index contributed by atoms with van der Waals surface area (Å²) in [5.74, 6) is 0.175. The summed E-state index contributed by atoms with van der Waals surface area (Å²) in [5, 5.41) is 0. The number of methoxy groups -OCH3 is 1. The van der Waals surface area contributed by atoms with Crippen molar-refractivity contribution in [3.05, 3.63) is 89.5 Å². The van der Waals surface area contributed by atoms with Gasteiger partial charge in [-0.1, -0.05) is 30.3 Å². The molecule has 0 fully saturated rings. The minimum absolute atomic E-state index is 0.0816. The minimum atomic E-state index is -0.342. The lowest BCUT2D eigenvalue weighted by Crippen LogP contribution is -2.47. The summed E-state index contributed by atoms with van der Waals surface area (Å²) in [7, 11) is 1.59. The lowest BCUT2D eigenvalue weighted by atomic mass is 9.89. The van der Waals surface area contributed by atoms with E-state index in [0.717, 1.165) is 22.5 Å². The van der Waals surface area contributed by atoms with Gasteiger partial charge in [0.2, 0.25) is 11.8 Å². The Hall–Kier alpha value is -4.13. The number of ether oxygens (including phenoxy) is 1. The van der Waals surface area contributed by atoms with Gasteiger partial charge in [-0.05, 0) is 73.4 Å². The zero-order valence-corrected chi connectivity index (χ0v) is 20.8. The monoisotopic (exact) mass is 485 g/mol. The number of anilines is 2. The number of nitrogens with zero attached hydrogens (tertiary/aromatic N) is 2. The molecule has 7 nitrogen and oxygen atoms in total. The van der Waals surface area contributed by atoms with Crippen molar-refractivity contribution in [2.45, 2.75) is 45.2 Å². The molecule has 1 aliphatic rings. The predicted octanol–water partition coefficient (Wildman–Crippen LogP) is 4.65. The van der Waals surface area contributed by atoms with Gasteiger partial charge in [0, 0.05) is 36.3 Å². The smallest absolute Gasteiger partial charge is 0.258 e. The molecule has 0 saturated carbocycles. The second kappa shape index (κ2) is 10.6. The molecule has 0 radical (unpaired) electrons. The van der Waals surface area contributed by atoms with Crippen molar-refractivity contribution in [1.29, 1.82) is 0 Å². The first-order valence-corrected chi connectivity index (χ1v) is 12.0. The molecular formula is C29H31N3O4. The number of benzene rings is 3. The van der Waals surface area contributed by atoms with Crippen LogP contribution in [0.1, 0.15) is 54.2 Å². The number of hydrogen-bond acceptors (Lipinski definition) is 4. The van der Waals surface area contributed by atoms with E-state index in [0.29, 0.717) is 24.2 Å². The molecule has 0 bridgehead atoms. The average molecular weight is 486 g/mol. The second-order valence-electron chi connectivity index (χ2n) is 9.08. The first-order valence-electron chi connectivity index (χ1n) is 12.0. The topological polar surface area (TPSA) is 92.9 Å². The van der Waals surface area contributed by atoms with Gasteiger partial charge >= 0.3 is 0 Å². The molecule has 3 aromatic rings. The summed E-state index contributed by atoms with van der Waals surface area (Å²) in [6.07, 6.45) is 1.42. The van der Waals surface area contributed by atoms with E-state index in [1.54, 1.807) is 43.2 Å². The van der Waals surface area contributed by atoms with E-state index in [4.69, 9.17) is 10.5 Å². The van der Waals surface area contributed by atoms with Gasteiger partial charge in [0.05, 0.1) is 13.2 Å². The van der Waals surface area contributed by atoms with Crippen molar-refractivity contribution in [3.63, 3.8) is 0 Å². The number of amides is 3. The van der Waals surface area contributed by atoms with Crippen LogP contribution in [0.5, 0.6) is 5.75 Å². The van der Waals surface area contributed by atoms with Crippen LogP contribution < -0.4 is 20.3 Å². The number of carbonyl (C=O) groups is 3. The Balaban J connectivity index is 1.67. The molecule has 36 heavy (non-hydrogen) atoms. The highest BCUT2D eigenvalue weighted by molar-refractivity contribution is 6.07. The largest absolute Gasteiger partial charge is 0.497 e. The summed E-state index contributed by atoms with van der Waals surface area (Å²) in [4.78, 5) is 41.2. The van der Waals surface area contributed by atoms with Crippen LogP contribution in [0.4, 0.5) is 11.4 Å². The highest BCUT2D eigenvalue weighted by atomic mass is 16.5. The maximum absolute atomic E-state index is 13.6. The molecule has 1 heterocycles. The Morgan fingerprint density at radius 3 is 2.28 bits per heavy atom.